The van der Waals surface area contributed by atoms with Gasteiger partial charge in [0.15, 0.2) is 5.03 Å². The molecule has 0 unspecified atom stereocenters. The van der Waals surface area contributed by atoms with Crippen molar-refractivity contribution in [1.29, 1.82) is 0 Å². The molecule has 1 aromatic heterocycles. The molecule has 0 aliphatic carbocycles. The van der Waals surface area contributed by atoms with E-state index in [2.05, 4.69) is 11.9 Å². The van der Waals surface area contributed by atoms with Gasteiger partial charge in [-0.2, -0.15) is 0 Å². The van der Waals surface area contributed by atoms with Crippen molar-refractivity contribution in [3.05, 3.63) is 12.0 Å². The predicted octanol–water partition coefficient (Wildman–Crippen LogP) is 3.23. The third-order valence-electron chi connectivity index (χ3n) is 3.70. The van der Waals surface area contributed by atoms with Crippen molar-refractivity contribution < 1.29 is 8.42 Å². The minimum atomic E-state index is -3.69. The molecule has 0 aliphatic heterocycles. The number of sulfonamides is 1. The highest BCUT2D eigenvalue weighted by atomic mass is 32.2. The largest absolute Gasteiger partial charge is 0.333 e. The minimum Gasteiger partial charge on any atom is -0.333 e. The van der Waals surface area contributed by atoms with Gasteiger partial charge in [-0.05, 0) is 6.42 Å². The lowest BCUT2D eigenvalue weighted by Gasteiger charge is -2.06. The number of aromatic nitrogens is 2. The summed E-state index contributed by atoms with van der Waals surface area (Å²) < 4.78 is 24.6. The van der Waals surface area contributed by atoms with E-state index >= 15 is 0 Å². The molecular formula is C15H29N3O2S. The van der Waals surface area contributed by atoms with Crippen LogP contribution in [0.2, 0.25) is 0 Å². The fourth-order valence-electron chi connectivity index (χ4n) is 2.46. The molecule has 21 heavy (non-hydrogen) atoms. The summed E-state index contributed by atoms with van der Waals surface area (Å²) >= 11 is 0. The Morgan fingerprint density at radius 3 is 2.14 bits per heavy atom. The molecule has 1 aromatic rings. The molecule has 122 valence electrons. The SMILES string of the molecule is CCCCCCCCCCn1cc(S(N)(=O)=O)nc1CC. The lowest BCUT2D eigenvalue weighted by atomic mass is 10.1. The Labute approximate surface area is 129 Å². The second-order valence-electron chi connectivity index (χ2n) is 5.56. The van der Waals surface area contributed by atoms with E-state index in [0.29, 0.717) is 6.42 Å². The molecule has 0 fully saturated rings. The van der Waals surface area contributed by atoms with Crippen LogP contribution in [0.4, 0.5) is 0 Å². The van der Waals surface area contributed by atoms with E-state index in [0.717, 1.165) is 18.8 Å². The Morgan fingerprint density at radius 1 is 1.05 bits per heavy atom. The highest BCUT2D eigenvalue weighted by molar-refractivity contribution is 7.89. The number of hydrogen-bond donors (Lipinski definition) is 1. The van der Waals surface area contributed by atoms with Crippen molar-refractivity contribution in [1.82, 2.24) is 9.55 Å². The Hall–Kier alpha value is -0.880. The van der Waals surface area contributed by atoms with Gasteiger partial charge in [0.2, 0.25) is 0 Å². The van der Waals surface area contributed by atoms with Crippen LogP contribution < -0.4 is 5.14 Å². The van der Waals surface area contributed by atoms with Crippen LogP contribution in [0.25, 0.3) is 0 Å². The number of aryl methyl sites for hydroxylation is 2. The van der Waals surface area contributed by atoms with Gasteiger partial charge in [-0.25, -0.2) is 18.5 Å². The number of hydrogen-bond acceptors (Lipinski definition) is 3. The van der Waals surface area contributed by atoms with E-state index in [1.54, 1.807) is 6.20 Å². The van der Waals surface area contributed by atoms with Crippen LogP contribution in [0.15, 0.2) is 11.2 Å². The number of imidazole rings is 1. The van der Waals surface area contributed by atoms with Gasteiger partial charge in [-0.15, -0.1) is 0 Å². The first-order valence-electron chi connectivity index (χ1n) is 8.07. The van der Waals surface area contributed by atoms with E-state index in [9.17, 15) is 8.42 Å². The molecule has 0 saturated heterocycles. The third kappa shape index (κ3) is 6.61. The summed E-state index contributed by atoms with van der Waals surface area (Å²) in [4.78, 5) is 4.10. The van der Waals surface area contributed by atoms with Crippen molar-refractivity contribution >= 4 is 10.0 Å². The van der Waals surface area contributed by atoms with Gasteiger partial charge in [0.05, 0.1) is 0 Å². The van der Waals surface area contributed by atoms with Crippen LogP contribution >= 0.6 is 0 Å². The second kappa shape index (κ2) is 9.20. The fourth-order valence-corrected chi connectivity index (χ4v) is 2.96. The Morgan fingerprint density at radius 2 is 1.62 bits per heavy atom. The van der Waals surface area contributed by atoms with Crippen molar-refractivity contribution in [2.45, 2.75) is 83.2 Å². The van der Waals surface area contributed by atoms with Gasteiger partial charge in [-0.3, -0.25) is 0 Å². The van der Waals surface area contributed by atoms with Gasteiger partial charge in [-0.1, -0.05) is 58.8 Å². The zero-order chi connectivity index (χ0) is 15.7. The summed E-state index contributed by atoms with van der Waals surface area (Å²) in [6, 6.07) is 0. The molecule has 1 heterocycles. The van der Waals surface area contributed by atoms with Gasteiger partial charge in [0, 0.05) is 19.2 Å². The average molecular weight is 315 g/mol. The summed E-state index contributed by atoms with van der Waals surface area (Å²) in [5.41, 5.74) is 0. The zero-order valence-electron chi connectivity index (χ0n) is 13.3. The molecule has 6 heteroatoms. The van der Waals surface area contributed by atoms with E-state index in [1.807, 2.05) is 11.5 Å². The monoisotopic (exact) mass is 315 g/mol. The van der Waals surface area contributed by atoms with E-state index in [1.165, 1.54) is 44.9 Å². The van der Waals surface area contributed by atoms with Crippen molar-refractivity contribution in [2.75, 3.05) is 0 Å². The molecule has 0 atom stereocenters. The van der Waals surface area contributed by atoms with Crippen molar-refractivity contribution in [2.24, 2.45) is 5.14 Å². The van der Waals surface area contributed by atoms with E-state index < -0.39 is 10.0 Å². The molecule has 0 bridgehead atoms. The first kappa shape index (κ1) is 18.2. The van der Waals surface area contributed by atoms with Crippen LogP contribution in [0.1, 0.15) is 71.0 Å². The topological polar surface area (TPSA) is 78.0 Å². The smallest absolute Gasteiger partial charge is 0.257 e. The van der Waals surface area contributed by atoms with E-state index in [4.69, 9.17) is 5.14 Å². The summed E-state index contributed by atoms with van der Waals surface area (Å²) in [5.74, 6) is 0.793. The number of nitrogens with zero attached hydrogens (tertiary/aromatic N) is 2. The molecule has 0 aromatic carbocycles. The summed E-state index contributed by atoms with van der Waals surface area (Å²) in [5, 5.41) is 5.11. The maximum absolute atomic E-state index is 11.3. The standard InChI is InChI=1S/C15H29N3O2S/c1-3-5-6-7-8-9-10-11-12-18-13-15(21(16,19)20)17-14(18)4-2/h13H,3-12H2,1-2H3,(H2,16,19,20). The molecule has 0 amide bonds. The normalized spacial score (nSPS) is 12.0. The molecular weight excluding hydrogens is 286 g/mol. The molecule has 2 N–H and O–H groups in total. The molecule has 1 rings (SSSR count). The van der Waals surface area contributed by atoms with Gasteiger partial charge < -0.3 is 4.57 Å². The van der Waals surface area contributed by atoms with Gasteiger partial charge >= 0.3 is 0 Å². The third-order valence-corrected chi connectivity index (χ3v) is 4.48. The zero-order valence-corrected chi connectivity index (χ0v) is 14.2. The second-order valence-corrected chi connectivity index (χ2v) is 7.07. The first-order chi connectivity index (χ1) is 9.99. The Kier molecular flexibility index (Phi) is 7.96. The fraction of sp³-hybridized carbons (Fsp3) is 0.800. The highest BCUT2D eigenvalue weighted by Gasteiger charge is 2.15. The summed E-state index contributed by atoms with van der Waals surface area (Å²) in [6.45, 7) is 5.02. The van der Waals surface area contributed by atoms with Crippen molar-refractivity contribution in [3.63, 3.8) is 0 Å². The molecule has 5 nitrogen and oxygen atoms in total. The summed E-state index contributed by atoms with van der Waals surface area (Å²) in [6.07, 6.45) is 12.4. The molecule has 0 aliphatic rings. The lowest BCUT2D eigenvalue weighted by Crippen LogP contribution is -2.12. The quantitative estimate of drug-likeness (QED) is 0.637. The predicted molar refractivity (Wildman–Crippen MR) is 85.6 cm³/mol. The maximum atomic E-state index is 11.3. The molecule has 0 radical (unpaired) electrons. The van der Waals surface area contributed by atoms with Gasteiger partial charge in [0.1, 0.15) is 5.82 Å². The van der Waals surface area contributed by atoms with Crippen molar-refractivity contribution in [3.8, 4) is 0 Å². The van der Waals surface area contributed by atoms with Gasteiger partial charge in [0.25, 0.3) is 10.0 Å². The van der Waals surface area contributed by atoms with Crippen LogP contribution in [0, 0.1) is 0 Å². The minimum absolute atomic E-state index is 0.0149. The van der Waals surface area contributed by atoms with Crippen LogP contribution in [0.3, 0.4) is 0 Å². The first-order valence-corrected chi connectivity index (χ1v) is 9.62. The van der Waals surface area contributed by atoms with Crippen LogP contribution in [-0.2, 0) is 23.0 Å². The van der Waals surface area contributed by atoms with Crippen LogP contribution in [0.5, 0.6) is 0 Å². The number of primary sulfonamides is 1. The summed E-state index contributed by atoms with van der Waals surface area (Å²) in [7, 11) is -3.69. The Balaban J connectivity index is 2.33. The Bertz CT molecular complexity index is 509. The van der Waals surface area contributed by atoms with E-state index in [-0.39, 0.29) is 5.03 Å². The lowest BCUT2D eigenvalue weighted by molar-refractivity contribution is 0.535. The molecule has 0 saturated carbocycles. The highest BCUT2D eigenvalue weighted by Crippen LogP contribution is 2.12. The number of rotatable bonds is 11. The maximum Gasteiger partial charge on any atom is 0.257 e. The average Bonchev–Trinajstić information content (AvgIpc) is 2.85. The number of unbranched alkanes of at least 4 members (excludes halogenated alkanes) is 7. The van der Waals surface area contributed by atoms with Crippen LogP contribution in [-0.4, -0.2) is 18.0 Å². The molecule has 0 spiro atoms. The number of nitrogens with two attached hydrogens (primary N) is 1.